The van der Waals surface area contributed by atoms with Crippen molar-refractivity contribution in [2.45, 2.75) is 18.7 Å². The summed E-state index contributed by atoms with van der Waals surface area (Å²) in [5.74, 6) is -1.08. The van der Waals surface area contributed by atoms with Gasteiger partial charge in [-0.25, -0.2) is 13.2 Å². The Labute approximate surface area is 165 Å². The van der Waals surface area contributed by atoms with Gasteiger partial charge < -0.3 is 14.9 Å². The minimum atomic E-state index is -3.78. The Hall–Kier alpha value is -2.58. The van der Waals surface area contributed by atoms with Crippen LogP contribution in [0.2, 0.25) is 0 Å². The van der Waals surface area contributed by atoms with Gasteiger partial charge in [0.15, 0.2) is 0 Å². The summed E-state index contributed by atoms with van der Waals surface area (Å²) in [5.41, 5.74) is 1.89. The summed E-state index contributed by atoms with van der Waals surface area (Å²) >= 11 is 0. The molecule has 28 heavy (non-hydrogen) atoms. The lowest BCUT2D eigenvalue weighted by atomic mass is 10.1. The number of aromatic carboxylic acids is 1. The normalized spacial score (nSPS) is 15.4. The Morgan fingerprint density at radius 1 is 1.07 bits per heavy atom. The number of piperazine rings is 1. The van der Waals surface area contributed by atoms with Gasteiger partial charge in [0, 0.05) is 31.9 Å². The third-order valence-corrected chi connectivity index (χ3v) is 6.37. The smallest absolute Gasteiger partial charge is 0.337 e. The average Bonchev–Trinajstić information content (AvgIpc) is 2.68. The van der Waals surface area contributed by atoms with Gasteiger partial charge in [-0.05, 0) is 43.8 Å². The van der Waals surface area contributed by atoms with Crippen LogP contribution in [0.3, 0.4) is 0 Å². The summed E-state index contributed by atoms with van der Waals surface area (Å²) in [4.78, 5) is 16.3. The number of hydrogen-bond acceptors (Lipinski definition) is 5. The number of hydrogen-bond donors (Lipinski definition) is 2. The molecule has 150 valence electrons. The molecule has 0 unspecified atom stereocenters. The molecule has 0 amide bonds. The molecule has 3 rings (SSSR count). The number of aryl methyl sites for hydroxylation is 1. The predicted molar refractivity (Wildman–Crippen MR) is 110 cm³/mol. The number of anilines is 2. The minimum Gasteiger partial charge on any atom is -0.478 e. The van der Waals surface area contributed by atoms with Crippen LogP contribution in [0.5, 0.6) is 0 Å². The number of carbonyl (C=O) groups is 1. The van der Waals surface area contributed by atoms with Crippen molar-refractivity contribution in [1.29, 1.82) is 0 Å². The molecule has 0 atom stereocenters. The molecule has 1 saturated heterocycles. The molecule has 2 N–H and O–H groups in total. The van der Waals surface area contributed by atoms with Gasteiger partial charge in [0.05, 0.1) is 16.1 Å². The molecule has 1 heterocycles. The van der Waals surface area contributed by atoms with E-state index in [0.29, 0.717) is 5.69 Å². The molecule has 0 saturated carbocycles. The lowest BCUT2D eigenvalue weighted by Gasteiger charge is -2.36. The molecule has 0 bridgehead atoms. The summed E-state index contributed by atoms with van der Waals surface area (Å²) in [7, 11) is -3.78. The summed E-state index contributed by atoms with van der Waals surface area (Å²) in [6.45, 7) is 8.18. The number of carboxylic acid groups (broad SMARTS) is 1. The van der Waals surface area contributed by atoms with Crippen LogP contribution < -0.4 is 9.62 Å². The number of carboxylic acids is 1. The van der Waals surface area contributed by atoms with Crippen molar-refractivity contribution < 1.29 is 18.3 Å². The maximum Gasteiger partial charge on any atom is 0.337 e. The Bertz CT molecular complexity index is 950. The second-order valence-electron chi connectivity index (χ2n) is 6.88. The number of sulfonamides is 1. The topological polar surface area (TPSA) is 90.0 Å². The first-order valence-corrected chi connectivity index (χ1v) is 10.7. The second kappa shape index (κ2) is 8.20. The first kappa shape index (κ1) is 20.2. The van der Waals surface area contributed by atoms with Gasteiger partial charge in [-0.2, -0.15) is 0 Å². The zero-order valence-corrected chi connectivity index (χ0v) is 16.9. The molecule has 0 spiro atoms. The van der Waals surface area contributed by atoms with Crippen molar-refractivity contribution in [2.75, 3.05) is 42.3 Å². The highest BCUT2D eigenvalue weighted by Crippen LogP contribution is 2.27. The van der Waals surface area contributed by atoms with Gasteiger partial charge in [-0.3, -0.25) is 4.72 Å². The van der Waals surface area contributed by atoms with E-state index in [-0.39, 0.29) is 16.1 Å². The molecule has 1 fully saturated rings. The molecule has 7 nitrogen and oxygen atoms in total. The summed E-state index contributed by atoms with van der Waals surface area (Å²) < 4.78 is 27.6. The maximum absolute atomic E-state index is 12.6. The van der Waals surface area contributed by atoms with Crippen LogP contribution in [0.4, 0.5) is 11.4 Å². The highest BCUT2D eigenvalue weighted by atomic mass is 32.2. The molecule has 1 aliphatic heterocycles. The molecule has 0 aromatic heterocycles. The SMILES string of the molecule is CCN1CCN(c2ccc(NS(=O)(=O)c3ccc(C)cc3)cc2C(=O)O)CC1. The van der Waals surface area contributed by atoms with Crippen LogP contribution >= 0.6 is 0 Å². The molecule has 0 radical (unpaired) electrons. The first-order valence-electron chi connectivity index (χ1n) is 9.24. The van der Waals surface area contributed by atoms with Crippen LogP contribution in [0.15, 0.2) is 47.4 Å². The number of nitrogens with zero attached hydrogens (tertiary/aromatic N) is 2. The Kier molecular flexibility index (Phi) is 5.90. The summed E-state index contributed by atoms with van der Waals surface area (Å²) in [6.07, 6.45) is 0. The van der Waals surface area contributed by atoms with Crippen LogP contribution in [-0.4, -0.2) is 57.1 Å². The first-order chi connectivity index (χ1) is 13.3. The Morgan fingerprint density at radius 2 is 1.71 bits per heavy atom. The van der Waals surface area contributed by atoms with Crippen molar-refractivity contribution in [1.82, 2.24) is 4.90 Å². The number of likely N-dealkylation sites (N-methyl/N-ethyl adjacent to an activating group) is 1. The van der Waals surface area contributed by atoms with E-state index in [2.05, 4.69) is 16.5 Å². The van der Waals surface area contributed by atoms with Crippen molar-refractivity contribution >= 4 is 27.4 Å². The zero-order chi connectivity index (χ0) is 20.3. The predicted octanol–water partition coefficient (Wildman–Crippen LogP) is 2.64. The third kappa shape index (κ3) is 4.45. The second-order valence-corrected chi connectivity index (χ2v) is 8.56. The van der Waals surface area contributed by atoms with Gasteiger partial charge in [-0.1, -0.05) is 24.6 Å². The molecule has 2 aromatic carbocycles. The van der Waals surface area contributed by atoms with E-state index in [1.807, 2.05) is 11.8 Å². The number of benzene rings is 2. The standard InChI is InChI=1S/C20H25N3O4S/c1-3-22-10-12-23(13-11-22)19-9-6-16(14-18(19)20(24)25)21-28(26,27)17-7-4-15(2)5-8-17/h4-9,14,21H,3,10-13H2,1-2H3,(H,24,25). The summed E-state index contributed by atoms with van der Waals surface area (Å²) in [6, 6.07) is 11.2. The Morgan fingerprint density at radius 3 is 2.29 bits per heavy atom. The van der Waals surface area contributed by atoms with E-state index in [1.54, 1.807) is 24.3 Å². The fourth-order valence-corrected chi connectivity index (χ4v) is 4.33. The van der Waals surface area contributed by atoms with Crippen LogP contribution in [0.1, 0.15) is 22.8 Å². The Balaban J connectivity index is 1.85. The lowest BCUT2D eigenvalue weighted by molar-refractivity contribution is 0.0697. The van der Waals surface area contributed by atoms with Crippen molar-refractivity contribution in [3.05, 3.63) is 53.6 Å². The zero-order valence-electron chi connectivity index (χ0n) is 16.1. The van der Waals surface area contributed by atoms with E-state index >= 15 is 0 Å². The molecular formula is C20H25N3O4S. The molecule has 8 heteroatoms. The number of rotatable bonds is 6. The van der Waals surface area contributed by atoms with E-state index in [1.165, 1.54) is 18.2 Å². The summed E-state index contributed by atoms with van der Waals surface area (Å²) in [5, 5.41) is 9.65. The van der Waals surface area contributed by atoms with Crippen LogP contribution in [-0.2, 0) is 10.0 Å². The van der Waals surface area contributed by atoms with Gasteiger partial charge in [0.25, 0.3) is 10.0 Å². The van der Waals surface area contributed by atoms with Gasteiger partial charge >= 0.3 is 5.97 Å². The van der Waals surface area contributed by atoms with Gasteiger partial charge in [0.1, 0.15) is 0 Å². The van der Waals surface area contributed by atoms with Crippen molar-refractivity contribution in [3.63, 3.8) is 0 Å². The van der Waals surface area contributed by atoms with Gasteiger partial charge in [-0.15, -0.1) is 0 Å². The highest BCUT2D eigenvalue weighted by Gasteiger charge is 2.22. The van der Waals surface area contributed by atoms with Crippen molar-refractivity contribution in [3.8, 4) is 0 Å². The fourth-order valence-electron chi connectivity index (χ4n) is 3.28. The quantitative estimate of drug-likeness (QED) is 0.771. The van der Waals surface area contributed by atoms with E-state index in [0.717, 1.165) is 38.3 Å². The highest BCUT2D eigenvalue weighted by molar-refractivity contribution is 7.92. The fraction of sp³-hybridized carbons (Fsp3) is 0.350. The minimum absolute atomic E-state index is 0.0917. The van der Waals surface area contributed by atoms with Gasteiger partial charge in [0.2, 0.25) is 0 Å². The lowest BCUT2D eigenvalue weighted by Crippen LogP contribution is -2.46. The molecule has 1 aliphatic rings. The molecule has 0 aliphatic carbocycles. The third-order valence-electron chi connectivity index (χ3n) is 4.97. The largest absolute Gasteiger partial charge is 0.478 e. The van der Waals surface area contributed by atoms with E-state index < -0.39 is 16.0 Å². The number of nitrogens with one attached hydrogen (secondary N) is 1. The molecule has 2 aromatic rings. The van der Waals surface area contributed by atoms with Crippen LogP contribution in [0.25, 0.3) is 0 Å². The van der Waals surface area contributed by atoms with Crippen molar-refractivity contribution in [2.24, 2.45) is 0 Å². The van der Waals surface area contributed by atoms with E-state index in [4.69, 9.17) is 0 Å². The monoisotopic (exact) mass is 403 g/mol. The average molecular weight is 404 g/mol. The maximum atomic E-state index is 12.6. The van der Waals surface area contributed by atoms with Crippen LogP contribution in [0, 0.1) is 6.92 Å². The van der Waals surface area contributed by atoms with E-state index in [9.17, 15) is 18.3 Å². The molecular weight excluding hydrogens is 378 g/mol.